The number of hydrogen-bond acceptors (Lipinski definition) is 1. The molecule has 0 saturated carbocycles. The second kappa shape index (κ2) is 6.42. The monoisotopic (exact) mass is 183 g/mol. The van der Waals surface area contributed by atoms with Crippen LogP contribution in [0.15, 0.2) is 0 Å². The van der Waals surface area contributed by atoms with Crippen molar-refractivity contribution >= 4 is 0 Å². The summed E-state index contributed by atoms with van der Waals surface area (Å²) in [6, 6.07) is 0. The lowest BCUT2D eigenvalue weighted by Crippen LogP contribution is -2.30. The summed E-state index contributed by atoms with van der Waals surface area (Å²) in [5, 5.41) is 0. The van der Waals surface area contributed by atoms with E-state index in [1.165, 1.54) is 58.2 Å². The molecule has 1 nitrogen and oxygen atoms in total. The zero-order valence-electron chi connectivity index (χ0n) is 9.39. The second-order valence-electron chi connectivity index (χ2n) is 4.79. The molecule has 0 aliphatic carbocycles. The van der Waals surface area contributed by atoms with Crippen LogP contribution in [0, 0.1) is 5.92 Å². The summed E-state index contributed by atoms with van der Waals surface area (Å²) in [5.74, 6) is 0.890. The van der Waals surface area contributed by atoms with E-state index in [0.29, 0.717) is 0 Å². The molecule has 78 valence electrons. The van der Waals surface area contributed by atoms with Crippen LogP contribution in [0.2, 0.25) is 0 Å². The van der Waals surface area contributed by atoms with Crippen LogP contribution in [0.4, 0.5) is 0 Å². The Morgan fingerprint density at radius 1 is 1.00 bits per heavy atom. The zero-order chi connectivity index (χ0) is 9.52. The highest BCUT2D eigenvalue weighted by atomic mass is 15.1. The van der Waals surface area contributed by atoms with E-state index in [9.17, 15) is 0 Å². The maximum atomic E-state index is 2.64. The van der Waals surface area contributed by atoms with E-state index >= 15 is 0 Å². The fraction of sp³-hybridized carbons (Fsp3) is 1.00. The first-order valence-electron chi connectivity index (χ1n) is 6.01. The van der Waals surface area contributed by atoms with E-state index in [1.807, 2.05) is 0 Å². The molecule has 1 fully saturated rings. The van der Waals surface area contributed by atoms with Crippen molar-refractivity contribution in [3.05, 3.63) is 0 Å². The van der Waals surface area contributed by atoms with Gasteiger partial charge in [0, 0.05) is 0 Å². The molecule has 0 aromatic carbocycles. The molecule has 0 spiro atoms. The van der Waals surface area contributed by atoms with Crippen molar-refractivity contribution in [3.8, 4) is 0 Å². The molecule has 1 saturated heterocycles. The molecular weight excluding hydrogens is 158 g/mol. The van der Waals surface area contributed by atoms with Gasteiger partial charge in [-0.15, -0.1) is 0 Å². The lowest BCUT2D eigenvalue weighted by Gasteiger charge is -2.26. The van der Waals surface area contributed by atoms with Crippen molar-refractivity contribution in [1.29, 1.82) is 0 Å². The number of hydrogen-bond donors (Lipinski definition) is 0. The summed E-state index contributed by atoms with van der Waals surface area (Å²) in [6.07, 6.45) is 8.58. The summed E-state index contributed by atoms with van der Waals surface area (Å²) in [5.41, 5.74) is 0. The fourth-order valence-corrected chi connectivity index (χ4v) is 2.07. The van der Waals surface area contributed by atoms with Crippen LogP contribution in [0.5, 0.6) is 0 Å². The maximum Gasteiger partial charge on any atom is -0.00187 e. The normalized spacial score (nSPS) is 19.6. The molecule has 0 atom stereocenters. The van der Waals surface area contributed by atoms with Crippen molar-refractivity contribution < 1.29 is 0 Å². The van der Waals surface area contributed by atoms with Gasteiger partial charge in [-0.25, -0.2) is 0 Å². The SMILES string of the molecule is CC(C)CCCCN1CCCCC1. The van der Waals surface area contributed by atoms with Crippen LogP contribution < -0.4 is 0 Å². The molecule has 1 heteroatoms. The lowest BCUT2D eigenvalue weighted by atomic mass is 10.1. The molecule has 0 N–H and O–H groups in total. The van der Waals surface area contributed by atoms with Crippen molar-refractivity contribution in [2.45, 2.75) is 52.4 Å². The van der Waals surface area contributed by atoms with Gasteiger partial charge in [0.1, 0.15) is 0 Å². The van der Waals surface area contributed by atoms with Gasteiger partial charge in [0.15, 0.2) is 0 Å². The molecule has 1 aliphatic rings. The van der Waals surface area contributed by atoms with Crippen LogP contribution >= 0.6 is 0 Å². The van der Waals surface area contributed by atoms with Crippen LogP contribution in [0.3, 0.4) is 0 Å². The van der Waals surface area contributed by atoms with Crippen LogP contribution in [0.1, 0.15) is 52.4 Å². The van der Waals surface area contributed by atoms with E-state index < -0.39 is 0 Å². The highest BCUT2D eigenvalue weighted by Gasteiger charge is 2.08. The quantitative estimate of drug-likeness (QED) is 0.591. The fourth-order valence-electron chi connectivity index (χ4n) is 2.07. The third-order valence-electron chi connectivity index (χ3n) is 2.95. The first-order chi connectivity index (χ1) is 6.29. The Balaban J connectivity index is 1.92. The summed E-state index contributed by atoms with van der Waals surface area (Å²) in [7, 11) is 0. The molecule has 0 unspecified atom stereocenters. The van der Waals surface area contributed by atoms with Gasteiger partial charge >= 0.3 is 0 Å². The van der Waals surface area contributed by atoms with Gasteiger partial charge in [-0.3, -0.25) is 0 Å². The molecule has 0 amide bonds. The molecule has 0 bridgehead atoms. The Labute approximate surface area is 83.5 Å². The molecule has 0 aromatic rings. The molecular formula is C12H25N. The van der Waals surface area contributed by atoms with Gasteiger partial charge in [-0.1, -0.05) is 33.1 Å². The smallest absolute Gasteiger partial charge is 0.00187 e. The third-order valence-corrected chi connectivity index (χ3v) is 2.95. The molecule has 1 heterocycles. The second-order valence-corrected chi connectivity index (χ2v) is 4.79. The van der Waals surface area contributed by atoms with E-state index in [-0.39, 0.29) is 0 Å². The third kappa shape index (κ3) is 5.30. The topological polar surface area (TPSA) is 3.24 Å². The average molecular weight is 183 g/mol. The molecule has 13 heavy (non-hydrogen) atoms. The molecule has 1 aliphatic heterocycles. The van der Waals surface area contributed by atoms with Gasteiger partial charge in [0.2, 0.25) is 0 Å². The Bertz CT molecular complexity index is 114. The van der Waals surface area contributed by atoms with Crippen molar-refractivity contribution in [1.82, 2.24) is 4.90 Å². The Morgan fingerprint density at radius 2 is 1.69 bits per heavy atom. The van der Waals surface area contributed by atoms with Gasteiger partial charge < -0.3 is 4.90 Å². The lowest BCUT2D eigenvalue weighted by molar-refractivity contribution is 0.223. The van der Waals surface area contributed by atoms with Gasteiger partial charge in [-0.05, 0) is 44.8 Å². The van der Waals surface area contributed by atoms with Gasteiger partial charge in [-0.2, -0.15) is 0 Å². The molecule has 0 aromatic heterocycles. The molecule has 0 radical (unpaired) electrons. The standard InChI is InChI=1S/C12H25N/c1-12(2)8-4-7-11-13-9-5-3-6-10-13/h12H,3-11H2,1-2H3. The van der Waals surface area contributed by atoms with Gasteiger partial charge in [0.05, 0.1) is 0 Å². The predicted molar refractivity (Wildman–Crippen MR) is 59.0 cm³/mol. The van der Waals surface area contributed by atoms with E-state index in [4.69, 9.17) is 0 Å². The number of rotatable bonds is 5. The van der Waals surface area contributed by atoms with Crippen LogP contribution in [-0.4, -0.2) is 24.5 Å². The Morgan fingerprint density at radius 3 is 2.31 bits per heavy atom. The minimum absolute atomic E-state index is 0.890. The van der Waals surface area contributed by atoms with E-state index in [2.05, 4.69) is 18.7 Å². The highest BCUT2D eigenvalue weighted by Crippen LogP contribution is 2.11. The van der Waals surface area contributed by atoms with Crippen LogP contribution in [0.25, 0.3) is 0 Å². The largest absolute Gasteiger partial charge is 0.303 e. The predicted octanol–water partition coefficient (Wildman–Crippen LogP) is 3.30. The summed E-state index contributed by atoms with van der Waals surface area (Å²) in [4.78, 5) is 2.64. The van der Waals surface area contributed by atoms with Crippen molar-refractivity contribution in [2.24, 2.45) is 5.92 Å². The first-order valence-corrected chi connectivity index (χ1v) is 6.01. The maximum absolute atomic E-state index is 2.64. The number of likely N-dealkylation sites (tertiary alicyclic amines) is 1. The van der Waals surface area contributed by atoms with Gasteiger partial charge in [0.25, 0.3) is 0 Å². The number of unbranched alkanes of at least 4 members (excludes halogenated alkanes) is 1. The first kappa shape index (κ1) is 11.0. The van der Waals surface area contributed by atoms with Crippen molar-refractivity contribution in [2.75, 3.05) is 19.6 Å². The molecule has 1 rings (SSSR count). The highest BCUT2D eigenvalue weighted by molar-refractivity contribution is 4.64. The Kier molecular flexibility index (Phi) is 5.45. The number of piperidine rings is 1. The van der Waals surface area contributed by atoms with E-state index in [1.54, 1.807) is 0 Å². The minimum Gasteiger partial charge on any atom is -0.303 e. The Hall–Kier alpha value is -0.0400. The van der Waals surface area contributed by atoms with Crippen LogP contribution in [-0.2, 0) is 0 Å². The van der Waals surface area contributed by atoms with Crippen molar-refractivity contribution in [3.63, 3.8) is 0 Å². The van der Waals surface area contributed by atoms with E-state index in [0.717, 1.165) is 5.92 Å². The minimum atomic E-state index is 0.890. The summed E-state index contributed by atoms with van der Waals surface area (Å²) in [6.45, 7) is 8.72. The average Bonchev–Trinajstić information content (AvgIpc) is 2.14. The summed E-state index contributed by atoms with van der Waals surface area (Å²) < 4.78 is 0. The summed E-state index contributed by atoms with van der Waals surface area (Å²) >= 11 is 0. The zero-order valence-corrected chi connectivity index (χ0v) is 9.39. The number of nitrogens with zero attached hydrogens (tertiary/aromatic N) is 1.